The van der Waals surface area contributed by atoms with E-state index in [0.29, 0.717) is 10.0 Å². The smallest absolute Gasteiger partial charge is 0.152 e. The van der Waals surface area contributed by atoms with Crippen molar-refractivity contribution in [3.8, 4) is 5.75 Å². The highest BCUT2D eigenvalue weighted by Gasteiger charge is 2.16. The number of phenolic OH excluding ortho intramolecular Hbond substituents is 1. The third-order valence-electron chi connectivity index (χ3n) is 3.36. The summed E-state index contributed by atoms with van der Waals surface area (Å²) >= 11 is 11.8. The van der Waals surface area contributed by atoms with Gasteiger partial charge in [-0.2, -0.15) is 0 Å². The molecule has 1 aliphatic rings. The maximum absolute atomic E-state index is 9.49. The second-order valence-electron chi connectivity index (χ2n) is 4.87. The van der Waals surface area contributed by atoms with Crippen molar-refractivity contribution in [1.82, 2.24) is 4.90 Å². The largest absolute Gasteiger partial charge is 0.505 e. The SMILES string of the molecule is CC1CCN(Cc2cc(Cl)c(O)c(Cl)c2)CC1. The zero-order valence-corrected chi connectivity index (χ0v) is 11.4. The van der Waals surface area contributed by atoms with Gasteiger partial charge in [0.25, 0.3) is 0 Å². The van der Waals surface area contributed by atoms with Crippen LogP contribution in [0.4, 0.5) is 0 Å². The predicted molar refractivity (Wildman–Crippen MR) is 71.8 cm³/mol. The molecule has 0 unspecified atom stereocenters. The Labute approximate surface area is 112 Å². The summed E-state index contributed by atoms with van der Waals surface area (Å²) in [5.74, 6) is 0.808. The van der Waals surface area contributed by atoms with Crippen molar-refractivity contribution < 1.29 is 5.11 Å². The molecule has 0 amide bonds. The molecule has 17 heavy (non-hydrogen) atoms. The number of aromatic hydroxyl groups is 1. The van der Waals surface area contributed by atoms with Gasteiger partial charge in [0.05, 0.1) is 10.0 Å². The second-order valence-corrected chi connectivity index (χ2v) is 5.68. The van der Waals surface area contributed by atoms with Gasteiger partial charge in [-0.15, -0.1) is 0 Å². The summed E-state index contributed by atoms with van der Waals surface area (Å²) in [5, 5.41) is 10.2. The van der Waals surface area contributed by atoms with E-state index in [9.17, 15) is 5.11 Å². The molecule has 0 atom stereocenters. The van der Waals surface area contributed by atoms with Crippen molar-refractivity contribution in [3.05, 3.63) is 27.7 Å². The highest BCUT2D eigenvalue weighted by molar-refractivity contribution is 6.37. The highest BCUT2D eigenvalue weighted by atomic mass is 35.5. The summed E-state index contributed by atoms with van der Waals surface area (Å²) in [7, 11) is 0. The number of phenols is 1. The first-order chi connectivity index (χ1) is 8.06. The molecular weight excluding hydrogens is 257 g/mol. The van der Waals surface area contributed by atoms with Crippen LogP contribution < -0.4 is 0 Å². The minimum atomic E-state index is -0.0238. The first-order valence-corrected chi connectivity index (χ1v) is 6.71. The van der Waals surface area contributed by atoms with Gasteiger partial charge in [-0.1, -0.05) is 30.1 Å². The molecule has 4 heteroatoms. The van der Waals surface area contributed by atoms with Crippen molar-refractivity contribution in [1.29, 1.82) is 0 Å². The van der Waals surface area contributed by atoms with Gasteiger partial charge in [0, 0.05) is 6.54 Å². The van der Waals surface area contributed by atoms with E-state index in [1.165, 1.54) is 12.8 Å². The number of halogens is 2. The van der Waals surface area contributed by atoms with Crippen molar-refractivity contribution in [2.45, 2.75) is 26.3 Å². The van der Waals surface area contributed by atoms with Gasteiger partial charge in [0.2, 0.25) is 0 Å². The van der Waals surface area contributed by atoms with Crippen LogP contribution in [-0.4, -0.2) is 23.1 Å². The van der Waals surface area contributed by atoms with Crippen LogP contribution in [0.25, 0.3) is 0 Å². The fraction of sp³-hybridized carbons (Fsp3) is 0.538. The summed E-state index contributed by atoms with van der Waals surface area (Å²) in [6.07, 6.45) is 2.50. The molecule has 1 heterocycles. The van der Waals surface area contributed by atoms with E-state index in [4.69, 9.17) is 23.2 Å². The maximum atomic E-state index is 9.49. The van der Waals surface area contributed by atoms with E-state index >= 15 is 0 Å². The van der Waals surface area contributed by atoms with Gasteiger partial charge in [0.15, 0.2) is 5.75 Å². The number of piperidine rings is 1. The average Bonchev–Trinajstić information content (AvgIpc) is 2.29. The molecule has 1 fully saturated rings. The van der Waals surface area contributed by atoms with Crippen LogP contribution in [0.3, 0.4) is 0 Å². The molecule has 0 radical (unpaired) electrons. The molecule has 2 rings (SSSR count). The molecule has 2 nitrogen and oxygen atoms in total. The monoisotopic (exact) mass is 273 g/mol. The van der Waals surface area contributed by atoms with Crippen molar-refractivity contribution in [2.24, 2.45) is 5.92 Å². The molecule has 0 spiro atoms. The Balaban J connectivity index is 2.04. The molecule has 0 saturated carbocycles. The standard InChI is InChI=1S/C13H17Cl2NO/c1-9-2-4-16(5-3-9)8-10-6-11(14)13(17)12(15)7-10/h6-7,9,17H,2-5,8H2,1H3. The average molecular weight is 274 g/mol. The minimum absolute atomic E-state index is 0.0238. The molecule has 1 aliphatic heterocycles. The summed E-state index contributed by atoms with van der Waals surface area (Å²) in [6, 6.07) is 3.58. The molecule has 1 aromatic rings. The first kappa shape index (κ1) is 13.0. The Hall–Kier alpha value is -0.440. The van der Waals surface area contributed by atoms with E-state index in [-0.39, 0.29) is 5.75 Å². The fourth-order valence-corrected chi connectivity index (χ4v) is 2.72. The van der Waals surface area contributed by atoms with E-state index in [2.05, 4.69) is 11.8 Å². The molecule has 0 aliphatic carbocycles. The Morgan fingerprint density at radius 3 is 2.29 bits per heavy atom. The van der Waals surface area contributed by atoms with Crippen LogP contribution in [-0.2, 0) is 6.54 Å². The fourth-order valence-electron chi connectivity index (χ4n) is 2.19. The van der Waals surface area contributed by atoms with E-state index in [1.807, 2.05) is 0 Å². The van der Waals surface area contributed by atoms with Crippen LogP contribution in [0.15, 0.2) is 12.1 Å². The number of likely N-dealkylation sites (tertiary alicyclic amines) is 1. The van der Waals surface area contributed by atoms with Gasteiger partial charge < -0.3 is 5.11 Å². The molecule has 0 bridgehead atoms. The van der Waals surface area contributed by atoms with E-state index in [1.54, 1.807) is 12.1 Å². The Kier molecular flexibility index (Phi) is 4.18. The number of nitrogens with zero attached hydrogens (tertiary/aromatic N) is 1. The second kappa shape index (κ2) is 5.47. The predicted octanol–water partition coefficient (Wildman–Crippen LogP) is 3.93. The molecule has 1 N–H and O–H groups in total. The van der Waals surface area contributed by atoms with Gasteiger partial charge in [-0.3, -0.25) is 4.90 Å². The zero-order chi connectivity index (χ0) is 12.4. The van der Waals surface area contributed by atoms with Gasteiger partial charge in [0.1, 0.15) is 0 Å². The Bertz CT molecular complexity index is 377. The summed E-state index contributed by atoms with van der Waals surface area (Å²) in [4.78, 5) is 2.40. The van der Waals surface area contributed by atoms with Gasteiger partial charge in [-0.05, 0) is 49.5 Å². The lowest BCUT2D eigenvalue weighted by molar-refractivity contribution is 0.185. The number of rotatable bonds is 2. The lowest BCUT2D eigenvalue weighted by Crippen LogP contribution is -2.32. The number of hydrogen-bond acceptors (Lipinski definition) is 2. The van der Waals surface area contributed by atoms with Crippen molar-refractivity contribution in [2.75, 3.05) is 13.1 Å². The normalized spacial score (nSPS) is 18.5. The topological polar surface area (TPSA) is 23.5 Å². The lowest BCUT2D eigenvalue weighted by Gasteiger charge is -2.30. The van der Waals surface area contributed by atoms with Gasteiger partial charge >= 0.3 is 0 Å². The summed E-state index contributed by atoms with van der Waals surface area (Å²) < 4.78 is 0. The van der Waals surface area contributed by atoms with E-state index in [0.717, 1.165) is 31.1 Å². The summed E-state index contributed by atoms with van der Waals surface area (Å²) in [6.45, 7) is 5.40. The Morgan fingerprint density at radius 1 is 1.24 bits per heavy atom. The van der Waals surface area contributed by atoms with Crippen molar-refractivity contribution in [3.63, 3.8) is 0 Å². The zero-order valence-electron chi connectivity index (χ0n) is 9.92. The number of benzene rings is 1. The van der Waals surface area contributed by atoms with Crippen LogP contribution >= 0.6 is 23.2 Å². The number of hydrogen-bond donors (Lipinski definition) is 1. The molecule has 1 aromatic carbocycles. The molecule has 94 valence electrons. The minimum Gasteiger partial charge on any atom is -0.505 e. The first-order valence-electron chi connectivity index (χ1n) is 5.95. The maximum Gasteiger partial charge on any atom is 0.152 e. The molecular formula is C13H17Cl2NO. The van der Waals surface area contributed by atoms with Crippen LogP contribution in [0, 0.1) is 5.92 Å². The third-order valence-corrected chi connectivity index (χ3v) is 3.94. The highest BCUT2D eigenvalue weighted by Crippen LogP contribution is 2.33. The van der Waals surface area contributed by atoms with Crippen LogP contribution in [0.5, 0.6) is 5.75 Å². The quantitative estimate of drug-likeness (QED) is 0.883. The summed E-state index contributed by atoms with van der Waals surface area (Å²) in [5.41, 5.74) is 1.06. The van der Waals surface area contributed by atoms with Gasteiger partial charge in [-0.25, -0.2) is 0 Å². The van der Waals surface area contributed by atoms with E-state index < -0.39 is 0 Å². The molecule has 1 saturated heterocycles. The Morgan fingerprint density at radius 2 is 1.76 bits per heavy atom. The molecule has 0 aromatic heterocycles. The van der Waals surface area contributed by atoms with Crippen LogP contribution in [0.2, 0.25) is 10.0 Å². The van der Waals surface area contributed by atoms with Crippen molar-refractivity contribution >= 4 is 23.2 Å². The van der Waals surface area contributed by atoms with Crippen LogP contribution in [0.1, 0.15) is 25.3 Å². The lowest BCUT2D eigenvalue weighted by atomic mass is 9.99. The third kappa shape index (κ3) is 3.27.